The van der Waals surface area contributed by atoms with Gasteiger partial charge in [-0.25, -0.2) is 0 Å². The Morgan fingerprint density at radius 1 is 1.32 bits per heavy atom. The number of carboxylic acids is 1. The topological polar surface area (TPSA) is 102 Å². The van der Waals surface area contributed by atoms with Gasteiger partial charge in [0, 0.05) is 0 Å². The van der Waals surface area contributed by atoms with Crippen LogP contribution >= 0.6 is 0 Å². The molecule has 1 rings (SSSR count). The molecule has 3 N–H and O–H groups in total. The molecule has 2 atom stereocenters. The van der Waals surface area contributed by atoms with E-state index in [-0.39, 0.29) is 6.42 Å². The van der Waals surface area contributed by atoms with E-state index in [1.54, 1.807) is 44.2 Å². The van der Waals surface area contributed by atoms with Crippen LogP contribution in [0, 0.1) is 11.3 Å². The molecule has 0 aliphatic heterocycles. The van der Waals surface area contributed by atoms with Crippen LogP contribution in [0.1, 0.15) is 37.5 Å². The van der Waals surface area contributed by atoms with E-state index in [1.807, 2.05) is 0 Å². The summed E-state index contributed by atoms with van der Waals surface area (Å²) < 4.78 is 0. The first-order chi connectivity index (χ1) is 8.80. The predicted octanol–water partition coefficient (Wildman–Crippen LogP) is 1.36. The van der Waals surface area contributed by atoms with Gasteiger partial charge in [0.1, 0.15) is 6.10 Å². The maximum Gasteiger partial charge on any atom is 0.313 e. The van der Waals surface area contributed by atoms with Crippen molar-refractivity contribution in [2.45, 2.75) is 37.9 Å². The standard InChI is InChI=1S/C14H17NO4/c1-14(2,13(18)19)10-5-3-9(4-6-10)12(17)11(16)7-8-15/h3-6,11-12,16-17H,7H2,1-2H3,(H,18,19). The lowest BCUT2D eigenvalue weighted by molar-refractivity contribution is -0.142. The van der Waals surface area contributed by atoms with Crippen LogP contribution in [0.4, 0.5) is 0 Å². The Kier molecular flexibility index (Phi) is 4.65. The molecule has 0 spiro atoms. The van der Waals surface area contributed by atoms with Gasteiger partial charge in [-0.3, -0.25) is 4.79 Å². The first-order valence-corrected chi connectivity index (χ1v) is 5.87. The zero-order valence-corrected chi connectivity index (χ0v) is 10.9. The van der Waals surface area contributed by atoms with Crippen LogP contribution in [0.25, 0.3) is 0 Å². The lowest BCUT2D eigenvalue weighted by atomic mass is 9.84. The zero-order valence-electron chi connectivity index (χ0n) is 10.9. The zero-order chi connectivity index (χ0) is 14.6. The lowest BCUT2D eigenvalue weighted by Crippen LogP contribution is -2.28. The van der Waals surface area contributed by atoms with Crippen LogP contribution < -0.4 is 0 Å². The van der Waals surface area contributed by atoms with Crippen molar-refractivity contribution in [1.82, 2.24) is 0 Å². The second kappa shape index (κ2) is 5.83. The van der Waals surface area contributed by atoms with E-state index in [9.17, 15) is 15.0 Å². The molecule has 0 aliphatic carbocycles. The minimum atomic E-state index is -1.15. The summed E-state index contributed by atoms with van der Waals surface area (Å²) in [6.07, 6.45) is -2.46. The van der Waals surface area contributed by atoms with Gasteiger partial charge in [-0.05, 0) is 25.0 Å². The van der Waals surface area contributed by atoms with E-state index in [1.165, 1.54) is 0 Å². The normalized spacial score (nSPS) is 14.5. The third-order valence-electron chi connectivity index (χ3n) is 3.17. The largest absolute Gasteiger partial charge is 0.481 e. The minimum Gasteiger partial charge on any atom is -0.481 e. The van der Waals surface area contributed by atoms with E-state index in [4.69, 9.17) is 10.4 Å². The average molecular weight is 263 g/mol. The van der Waals surface area contributed by atoms with Gasteiger partial charge in [0.2, 0.25) is 0 Å². The quantitative estimate of drug-likeness (QED) is 0.744. The lowest BCUT2D eigenvalue weighted by Gasteiger charge is -2.21. The predicted molar refractivity (Wildman–Crippen MR) is 68.3 cm³/mol. The van der Waals surface area contributed by atoms with Gasteiger partial charge in [-0.2, -0.15) is 5.26 Å². The van der Waals surface area contributed by atoms with Gasteiger partial charge in [0.05, 0.1) is 24.0 Å². The summed E-state index contributed by atoms with van der Waals surface area (Å²) in [6, 6.07) is 8.11. The van der Waals surface area contributed by atoms with E-state index in [0.717, 1.165) is 0 Å². The van der Waals surface area contributed by atoms with Crippen molar-refractivity contribution in [1.29, 1.82) is 5.26 Å². The smallest absolute Gasteiger partial charge is 0.313 e. The first-order valence-electron chi connectivity index (χ1n) is 5.87. The molecule has 1 aromatic carbocycles. The molecule has 0 fully saturated rings. The summed E-state index contributed by atoms with van der Waals surface area (Å²) in [4.78, 5) is 11.1. The molecule has 0 heterocycles. The number of aliphatic carboxylic acids is 1. The molecule has 0 amide bonds. The minimum absolute atomic E-state index is 0.163. The number of nitrogens with zero attached hydrogens (tertiary/aromatic N) is 1. The molecule has 102 valence electrons. The molecular weight excluding hydrogens is 246 g/mol. The van der Waals surface area contributed by atoms with Crippen LogP contribution in [0.3, 0.4) is 0 Å². The van der Waals surface area contributed by atoms with Crippen LogP contribution in [-0.4, -0.2) is 27.4 Å². The monoisotopic (exact) mass is 263 g/mol. The molecule has 5 nitrogen and oxygen atoms in total. The number of hydrogen-bond donors (Lipinski definition) is 3. The van der Waals surface area contributed by atoms with E-state index >= 15 is 0 Å². The van der Waals surface area contributed by atoms with Gasteiger partial charge in [0.25, 0.3) is 0 Å². The number of aliphatic hydroxyl groups excluding tert-OH is 2. The summed E-state index contributed by atoms with van der Waals surface area (Å²) in [6.45, 7) is 3.18. The van der Waals surface area contributed by atoms with Crippen molar-refractivity contribution in [3.8, 4) is 6.07 Å². The Morgan fingerprint density at radius 3 is 2.26 bits per heavy atom. The van der Waals surface area contributed by atoms with Crippen molar-refractivity contribution < 1.29 is 20.1 Å². The average Bonchev–Trinajstić information content (AvgIpc) is 2.38. The van der Waals surface area contributed by atoms with Gasteiger partial charge < -0.3 is 15.3 Å². The fourth-order valence-electron chi connectivity index (χ4n) is 1.65. The van der Waals surface area contributed by atoms with Gasteiger partial charge in [-0.1, -0.05) is 24.3 Å². The summed E-state index contributed by atoms with van der Waals surface area (Å²) in [5.41, 5.74) is 0.0350. The Labute approximate surface area is 111 Å². The van der Waals surface area contributed by atoms with E-state index in [2.05, 4.69) is 0 Å². The molecule has 0 bridgehead atoms. The molecule has 1 aromatic rings. The fourth-order valence-corrected chi connectivity index (χ4v) is 1.65. The number of carbonyl (C=O) groups is 1. The number of carboxylic acid groups (broad SMARTS) is 1. The maximum atomic E-state index is 11.1. The molecule has 0 aromatic heterocycles. The highest BCUT2D eigenvalue weighted by atomic mass is 16.4. The van der Waals surface area contributed by atoms with Gasteiger partial charge in [-0.15, -0.1) is 0 Å². The second-order valence-corrected chi connectivity index (χ2v) is 4.93. The summed E-state index contributed by atoms with van der Waals surface area (Å²) in [7, 11) is 0. The summed E-state index contributed by atoms with van der Waals surface area (Å²) >= 11 is 0. The van der Waals surface area contributed by atoms with E-state index in [0.29, 0.717) is 11.1 Å². The number of nitriles is 1. The first kappa shape index (κ1) is 15.2. The number of rotatable bonds is 5. The molecule has 0 saturated carbocycles. The molecule has 5 heteroatoms. The van der Waals surface area contributed by atoms with Gasteiger partial charge >= 0.3 is 5.97 Å². The Bertz CT molecular complexity index is 487. The number of hydrogen-bond acceptors (Lipinski definition) is 4. The molecule has 19 heavy (non-hydrogen) atoms. The highest BCUT2D eigenvalue weighted by molar-refractivity contribution is 5.80. The van der Waals surface area contributed by atoms with Crippen LogP contribution in [0.2, 0.25) is 0 Å². The third kappa shape index (κ3) is 3.31. The number of benzene rings is 1. The number of aliphatic hydroxyl groups is 2. The van der Waals surface area contributed by atoms with Crippen LogP contribution in [0.5, 0.6) is 0 Å². The van der Waals surface area contributed by atoms with Crippen molar-refractivity contribution >= 4 is 5.97 Å². The van der Waals surface area contributed by atoms with Crippen molar-refractivity contribution in [3.05, 3.63) is 35.4 Å². The second-order valence-electron chi connectivity index (χ2n) is 4.93. The summed E-state index contributed by atoms with van der Waals surface area (Å²) in [5.74, 6) is -0.940. The molecular formula is C14H17NO4. The highest BCUT2D eigenvalue weighted by Gasteiger charge is 2.29. The van der Waals surface area contributed by atoms with E-state index < -0.39 is 23.6 Å². The Morgan fingerprint density at radius 2 is 1.84 bits per heavy atom. The molecule has 0 aliphatic rings. The highest BCUT2D eigenvalue weighted by Crippen LogP contribution is 2.26. The Hall–Kier alpha value is -1.90. The Balaban J connectivity index is 2.94. The van der Waals surface area contributed by atoms with Crippen molar-refractivity contribution in [3.63, 3.8) is 0 Å². The van der Waals surface area contributed by atoms with Crippen molar-refractivity contribution in [2.75, 3.05) is 0 Å². The SMILES string of the molecule is CC(C)(C(=O)O)c1ccc(C(O)C(O)CC#N)cc1. The maximum absolute atomic E-state index is 11.1. The van der Waals surface area contributed by atoms with Gasteiger partial charge in [0.15, 0.2) is 0 Å². The van der Waals surface area contributed by atoms with Crippen molar-refractivity contribution in [2.24, 2.45) is 0 Å². The molecule has 0 saturated heterocycles. The van der Waals surface area contributed by atoms with Crippen LogP contribution in [-0.2, 0) is 10.2 Å². The molecule has 0 radical (unpaired) electrons. The fraction of sp³-hybridized carbons (Fsp3) is 0.429. The summed E-state index contributed by atoms with van der Waals surface area (Å²) in [5, 5.41) is 36.9. The molecule has 2 unspecified atom stereocenters. The van der Waals surface area contributed by atoms with Crippen LogP contribution in [0.15, 0.2) is 24.3 Å². The third-order valence-corrected chi connectivity index (χ3v) is 3.17.